The molecule has 8 nitrogen and oxygen atoms in total. The maximum Gasteiger partial charge on any atom is 1.00 e. The predicted octanol–water partition coefficient (Wildman–Crippen LogP) is 23.6. The van der Waals surface area contributed by atoms with Crippen molar-refractivity contribution < 1.29 is 58.9 Å². The molecule has 16 heteroatoms. The maximum atomic E-state index is 12.2. The van der Waals surface area contributed by atoms with Crippen LogP contribution < -0.4 is 18.9 Å². The molecule has 0 aromatic heterocycles. The summed E-state index contributed by atoms with van der Waals surface area (Å²) in [4.78, 5) is 24.4. The molecule has 15 aromatic carbocycles. The molecule has 4 unspecified atom stereocenters. The first kappa shape index (κ1) is 92.4. The van der Waals surface area contributed by atoms with E-state index in [9.17, 15) is 30.0 Å². The van der Waals surface area contributed by atoms with Gasteiger partial charge in [-0.1, -0.05) is 268 Å². The van der Waals surface area contributed by atoms with E-state index < -0.39 is 29.5 Å². The summed E-state index contributed by atoms with van der Waals surface area (Å²) in [5, 5.41) is 77.8. The molecule has 0 radical (unpaired) electrons. The molecule has 594 valence electrons. The number of fused-ring (bicyclic) bond motifs is 12. The van der Waals surface area contributed by atoms with Crippen LogP contribution in [0.2, 0.25) is 31.9 Å². The molecule has 117 heavy (non-hydrogen) atoms. The number of aryl methyl sites for hydroxylation is 7. The molecule has 6 N–H and O–H groups in total. The average molecular weight is 1710 g/mol. The first-order valence-electron chi connectivity index (χ1n) is 38.1. The van der Waals surface area contributed by atoms with Crippen molar-refractivity contribution >= 4 is 157 Å². The molecule has 0 saturated carbocycles. The SMILES string of the molecule is CB(O)O.CBr.CC1(O)c2ccccc2C(C)(O)c2cc(Cl)ccc21.CC1(O)c2ccccc2C(C)(O)c2cc(Cl)ccc21.C[C-](C)C.Cc1c2ccccc2c(C)c2cc(Cl)ccc12.Cc1c2ccccc2c(C)c2cc(Cl)ccc12.Cc1ccc2c(C)c3ccccc3c(C)c2c1.O=C1c2ccccc2C(=O)c2cc(Cl)ccc21.[Li+]. The summed E-state index contributed by atoms with van der Waals surface area (Å²) in [5.74, 6) is 2.97. The quantitative estimate of drug-likeness (QED) is 0.0379. The Kier molecular flexibility index (Phi) is 30.6. The average Bonchev–Trinajstić information content (AvgIpc) is 0.718. The van der Waals surface area contributed by atoms with Crippen LogP contribution in [0.1, 0.15) is 164 Å². The van der Waals surface area contributed by atoms with Crippen molar-refractivity contribution in [1.82, 2.24) is 0 Å². The van der Waals surface area contributed by atoms with E-state index in [0.717, 1.165) is 32.3 Å². The second kappa shape index (κ2) is 38.7. The van der Waals surface area contributed by atoms with Crippen molar-refractivity contribution in [2.75, 3.05) is 5.83 Å². The van der Waals surface area contributed by atoms with E-state index in [1.54, 1.807) is 107 Å². The molecule has 3 aliphatic rings. The molecule has 0 bridgehead atoms. The third-order valence-electron chi connectivity index (χ3n) is 21.7. The minimum absolute atomic E-state index is 0. The number of rotatable bonds is 0. The van der Waals surface area contributed by atoms with E-state index in [1.807, 2.05) is 66.5 Å². The van der Waals surface area contributed by atoms with Gasteiger partial charge in [0.2, 0.25) is 0 Å². The Bertz CT molecular complexity index is 5780. The molecule has 4 atom stereocenters. The zero-order valence-corrected chi connectivity index (χ0v) is 74.5. The van der Waals surface area contributed by atoms with Crippen LogP contribution in [-0.4, -0.2) is 55.0 Å². The topological polar surface area (TPSA) is 156 Å². The van der Waals surface area contributed by atoms with Crippen molar-refractivity contribution in [1.29, 1.82) is 0 Å². The zero-order chi connectivity index (χ0) is 84.8. The minimum Gasteiger partial charge on any atom is -0.427 e. The van der Waals surface area contributed by atoms with Gasteiger partial charge in [0, 0.05) is 47.4 Å². The summed E-state index contributed by atoms with van der Waals surface area (Å²) in [6.45, 7) is 29.8. The van der Waals surface area contributed by atoms with Crippen LogP contribution in [0.3, 0.4) is 0 Å². The van der Waals surface area contributed by atoms with Gasteiger partial charge in [-0.25, -0.2) is 0 Å². The second-order valence-electron chi connectivity index (χ2n) is 30.6. The van der Waals surface area contributed by atoms with Crippen LogP contribution in [-0.2, 0) is 22.4 Å². The van der Waals surface area contributed by atoms with Crippen molar-refractivity contribution in [3.63, 3.8) is 0 Å². The summed E-state index contributed by atoms with van der Waals surface area (Å²) in [6, 6.07) is 81.7. The van der Waals surface area contributed by atoms with Crippen LogP contribution in [0.5, 0.6) is 0 Å². The molecule has 0 spiro atoms. The number of hydrogen-bond donors (Lipinski definition) is 6. The van der Waals surface area contributed by atoms with E-state index in [0.29, 0.717) is 59.6 Å². The van der Waals surface area contributed by atoms with E-state index in [4.69, 9.17) is 68.1 Å². The minimum atomic E-state index is -1.17. The molecule has 0 saturated heterocycles. The summed E-state index contributed by atoms with van der Waals surface area (Å²) in [7, 11) is -1.17. The second-order valence-corrected chi connectivity index (χ2v) is 32.8. The summed E-state index contributed by atoms with van der Waals surface area (Å²) >= 11 is 33.0. The predicted molar refractivity (Wildman–Crippen MR) is 494 cm³/mol. The Morgan fingerprint density at radius 3 is 0.812 bits per heavy atom. The van der Waals surface area contributed by atoms with Crippen LogP contribution in [0.4, 0.5) is 0 Å². The van der Waals surface area contributed by atoms with Gasteiger partial charge in [0.1, 0.15) is 22.4 Å². The Labute approximate surface area is 733 Å². The van der Waals surface area contributed by atoms with E-state index in [-0.39, 0.29) is 30.4 Å². The third kappa shape index (κ3) is 19.6. The maximum absolute atomic E-state index is 12.2. The van der Waals surface area contributed by atoms with E-state index in [1.165, 1.54) is 116 Å². The summed E-state index contributed by atoms with van der Waals surface area (Å²) in [5.41, 5.74) is 12.2. The van der Waals surface area contributed by atoms with Crippen molar-refractivity contribution in [2.45, 2.75) is 126 Å². The Balaban J connectivity index is 0.000000156. The van der Waals surface area contributed by atoms with Gasteiger partial charge in [0.05, 0.1) is 0 Å². The Morgan fingerprint density at radius 2 is 0.487 bits per heavy atom. The smallest absolute Gasteiger partial charge is 0.427 e. The van der Waals surface area contributed by atoms with Gasteiger partial charge in [-0.3, -0.25) is 9.59 Å². The zero-order valence-electron chi connectivity index (χ0n) is 69.1. The fourth-order valence-corrected chi connectivity index (χ4v) is 16.7. The van der Waals surface area contributed by atoms with Crippen molar-refractivity contribution in [2.24, 2.45) is 0 Å². The Morgan fingerprint density at radius 1 is 0.282 bits per heavy atom. The third-order valence-corrected chi connectivity index (χ3v) is 22.8. The van der Waals surface area contributed by atoms with Gasteiger partial charge in [-0.15, -0.1) is 0 Å². The van der Waals surface area contributed by atoms with Crippen LogP contribution in [0.25, 0.3) is 64.6 Å². The van der Waals surface area contributed by atoms with Gasteiger partial charge in [-0.05, 0) is 298 Å². The molecule has 0 heterocycles. The number of benzene rings is 15. The molecule has 0 amide bonds. The number of aliphatic hydroxyl groups is 4. The van der Waals surface area contributed by atoms with Gasteiger partial charge >= 0.3 is 26.0 Å². The molecule has 3 aliphatic carbocycles. The molecular weight excluding hydrogens is 1620 g/mol. The van der Waals surface area contributed by atoms with Crippen LogP contribution in [0.15, 0.2) is 255 Å². The first-order chi connectivity index (χ1) is 54.9. The van der Waals surface area contributed by atoms with Gasteiger partial charge in [0.15, 0.2) is 11.6 Å². The molecular formula is C101H96BBrCl5LiO8. The monoisotopic (exact) mass is 1710 g/mol. The fourth-order valence-electron chi connectivity index (χ4n) is 15.9. The Hall–Kier alpha value is -8.45. The molecule has 15 aromatic rings. The normalized spacial score (nSPS) is 16.7. The number of halogens is 6. The van der Waals surface area contributed by atoms with Crippen LogP contribution in [0, 0.1) is 54.4 Å². The summed E-state index contributed by atoms with van der Waals surface area (Å²) in [6.07, 6.45) is 0. The van der Waals surface area contributed by atoms with Gasteiger partial charge < -0.3 is 36.4 Å². The van der Waals surface area contributed by atoms with Crippen molar-refractivity contribution in [3.8, 4) is 0 Å². The molecule has 0 fully saturated rings. The molecule has 18 rings (SSSR count). The number of alkyl halides is 1. The standard InChI is InChI=1S/C17H16.2C16H15ClO2.2C16H13Cl.C14H7ClO2.C4H9.CH5BO2.CH3Br.Li/c1-11-8-9-16-12(2)14-6-4-5-7-15(14)13(3)17(16)10-11;2*1-15(18)11-5-3-4-6-12(11)16(2,19)14-9-10(17)7-8-13(14)15;2*1-10-13-5-3-4-6-14(13)11(2)16-9-12(17)7-8-15(10)16;15-8-5-6-11-12(7-8)14(17)10-4-2-1-3-9(10)13(11)16;1-4(2)3;1-2(3)4;1-2;/h4-10H,1-3H3;2*3-9,18-19H,1-2H3;2*3-9H,1-2H3;1-7H;1-3H3;3-4H,1H3;1H3;/q;;;;;;-1;;;+1. The number of hydrogen-bond acceptors (Lipinski definition) is 8. The number of carbonyl (C=O) groups is 2. The summed E-state index contributed by atoms with van der Waals surface area (Å²) < 4.78 is 0. The van der Waals surface area contributed by atoms with Crippen LogP contribution >= 0.6 is 73.9 Å². The molecule has 0 aliphatic heterocycles. The van der Waals surface area contributed by atoms with Crippen molar-refractivity contribution in [3.05, 3.63) is 392 Å². The van der Waals surface area contributed by atoms with E-state index in [2.05, 4.69) is 200 Å². The van der Waals surface area contributed by atoms with E-state index >= 15 is 0 Å². The van der Waals surface area contributed by atoms with Gasteiger partial charge in [0.25, 0.3) is 0 Å². The number of ketones is 2. The number of carbonyl (C=O) groups excluding carboxylic acids is 2. The first-order valence-corrected chi connectivity index (χ1v) is 41.6. The van der Waals surface area contributed by atoms with Gasteiger partial charge in [-0.2, -0.15) is 20.8 Å². The fraction of sp³-hybridized carbons (Fsp3) is 0.198. The largest absolute Gasteiger partial charge is 1.00 e.